The van der Waals surface area contributed by atoms with E-state index in [2.05, 4.69) is 17.1 Å². The number of aromatic nitrogens is 1. The van der Waals surface area contributed by atoms with Crippen LogP contribution < -0.4 is 15.5 Å². The van der Waals surface area contributed by atoms with Crippen molar-refractivity contribution in [3.63, 3.8) is 0 Å². The summed E-state index contributed by atoms with van der Waals surface area (Å²) < 4.78 is 22.6. The van der Waals surface area contributed by atoms with E-state index in [1.54, 1.807) is 14.2 Å². The summed E-state index contributed by atoms with van der Waals surface area (Å²) in [4.78, 5) is 8.09. The minimum Gasteiger partial charge on any atom is -0.497 e. The van der Waals surface area contributed by atoms with E-state index in [-0.39, 0.29) is 6.10 Å². The summed E-state index contributed by atoms with van der Waals surface area (Å²) in [6.07, 6.45) is 11.2. The molecule has 2 aliphatic rings. The van der Waals surface area contributed by atoms with Crippen LogP contribution in [-0.2, 0) is 4.74 Å². The highest BCUT2D eigenvalue weighted by Gasteiger charge is 2.15. The Hall–Kier alpha value is -4.03. The number of benzene rings is 1. The molecule has 6 rings (SSSR count). The van der Waals surface area contributed by atoms with Crippen LogP contribution in [0.15, 0.2) is 80.2 Å². The van der Waals surface area contributed by atoms with Gasteiger partial charge in [0.15, 0.2) is 11.0 Å². The van der Waals surface area contributed by atoms with Gasteiger partial charge in [0.25, 0.3) is 0 Å². The first-order valence-electron chi connectivity index (χ1n) is 10.8. The molecule has 1 atom stereocenters. The third-order valence-electron chi connectivity index (χ3n) is 5.92. The van der Waals surface area contributed by atoms with Crippen LogP contribution in [0.25, 0.3) is 40.1 Å². The van der Waals surface area contributed by atoms with Crippen LogP contribution in [0.5, 0.6) is 5.75 Å². The minimum atomic E-state index is 0.138. The minimum absolute atomic E-state index is 0.138. The molecule has 33 heavy (non-hydrogen) atoms. The van der Waals surface area contributed by atoms with Crippen LogP contribution in [-0.4, -0.2) is 25.3 Å². The molecule has 6 heteroatoms. The molecule has 1 aliphatic carbocycles. The van der Waals surface area contributed by atoms with Gasteiger partial charge in [-0.15, -0.1) is 0 Å². The smallest absolute Gasteiger partial charge is 0.155 e. The lowest BCUT2D eigenvalue weighted by Gasteiger charge is -2.13. The highest BCUT2D eigenvalue weighted by molar-refractivity contribution is 5.84. The third-order valence-corrected chi connectivity index (χ3v) is 5.92. The van der Waals surface area contributed by atoms with Gasteiger partial charge in [-0.05, 0) is 36.8 Å². The summed E-state index contributed by atoms with van der Waals surface area (Å²) in [6.45, 7) is 0. The number of hydrogen-bond donors (Lipinski definition) is 1. The SMILES string of the molecule is COc1ccc(-c2cc3c(o2)=C/C(=C/c2cc4oc(C5=CCC(OC)C=C5)cc4[nH]2)N=3)cc1. The Kier molecular flexibility index (Phi) is 4.66. The fraction of sp³-hybridized carbons (Fsp3) is 0.148. The fourth-order valence-electron chi connectivity index (χ4n) is 4.14. The van der Waals surface area contributed by atoms with Crippen molar-refractivity contribution in [1.82, 2.24) is 4.98 Å². The van der Waals surface area contributed by atoms with Crippen molar-refractivity contribution in [3.8, 4) is 17.1 Å². The second kappa shape index (κ2) is 7.83. The number of nitrogens with one attached hydrogen (secondary N) is 1. The van der Waals surface area contributed by atoms with Gasteiger partial charge in [-0.2, -0.15) is 0 Å². The van der Waals surface area contributed by atoms with Crippen molar-refractivity contribution in [2.45, 2.75) is 12.5 Å². The lowest BCUT2D eigenvalue weighted by Crippen LogP contribution is -2.14. The number of furan rings is 2. The molecule has 164 valence electrons. The molecule has 1 aliphatic heterocycles. The van der Waals surface area contributed by atoms with Gasteiger partial charge in [-0.1, -0.05) is 18.2 Å². The number of allylic oxidation sites excluding steroid dienone is 3. The molecular weight excluding hydrogens is 416 g/mol. The maximum Gasteiger partial charge on any atom is 0.155 e. The molecule has 0 fully saturated rings. The average molecular weight is 438 g/mol. The monoisotopic (exact) mass is 438 g/mol. The van der Waals surface area contributed by atoms with E-state index in [0.29, 0.717) is 0 Å². The Balaban J connectivity index is 1.23. The summed E-state index contributed by atoms with van der Waals surface area (Å²) in [5.41, 5.74) is 6.35. The zero-order valence-electron chi connectivity index (χ0n) is 18.3. The molecule has 6 nitrogen and oxygen atoms in total. The molecule has 0 bridgehead atoms. The van der Waals surface area contributed by atoms with Crippen LogP contribution in [0.2, 0.25) is 0 Å². The largest absolute Gasteiger partial charge is 0.497 e. The Labute approximate surface area is 189 Å². The van der Waals surface area contributed by atoms with Crippen molar-refractivity contribution in [3.05, 3.63) is 88.6 Å². The molecule has 1 unspecified atom stereocenters. The van der Waals surface area contributed by atoms with Gasteiger partial charge in [-0.3, -0.25) is 0 Å². The number of methoxy groups -OCH3 is 2. The van der Waals surface area contributed by atoms with Gasteiger partial charge in [0, 0.05) is 48.2 Å². The zero-order chi connectivity index (χ0) is 22.4. The van der Waals surface area contributed by atoms with Crippen molar-refractivity contribution in [1.29, 1.82) is 0 Å². The van der Waals surface area contributed by atoms with E-state index in [1.807, 2.05) is 60.7 Å². The maximum absolute atomic E-state index is 6.06. The van der Waals surface area contributed by atoms with Gasteiger partial charge in [-0.25, -0.2) is 4.99 Å². The highest BCUT2D eigenvalue weighted by atomic mass is 16.5. The predicted molar refractivity (Wildman–Crippen MR) is 127 cm³/mol. The van der Waals surface area contributed by atoms with Crippen LogP contribution in [0.3, 0.4) is 0 Å². The second-order valence-electron chi connectivity index (χ2n) is 8.06. The number of ether oxygens (including phenoxy) is 2. The molecule has 4 aromatic rings. The summed E-state index contributed by atoms with van der Waals surface area (Å²) in [6, 6.07) is 13.8. The van der Waals surface area contributed by atoms with E-state index >= 15 is 0 Å². The summed E-state index contributed by atoms with van der Waals surface area (Å²) in [5.74, 6) is 2.45. The number of H-pyrrole nitrogens is 1. The molecule has 1 N–H and O–H groups in total. The molecule has 0 saturated heterocycles. The van der Waals surface area contributed by atoms with E-state index in [0.717, 1.165) is 68.1 Å². The normalized spacial score (nSPS) is 18.3. The molecule has 0 spiro atoms. The number of aromatic amines is 1. The fourth-order valence-corrected chi connectivity index (χ4v) is 4.14. The van der Waals surface area contributed by atoms with E-state index < -0.39 is 0 Å². The molecule has 0 radical (unpaired) electrons. The molecule has 4 heterocycles. The summed E-state index contributed by atoms with van der Waals surface area (Å²) in [5, 5.41) is 0.829. The van der Waals surface area contributed by atoms with Crippen LogP contribution in [0, 0.1) is 0 Å². The van der Waals surface area contributed by atoms with Crippen LogP contribution in [0.4, 0.5) is 0 Å². The Morgan fingerprint density at radius 1 is 1.06 bits per heavy atom. The van der Waals surface area contributed by atoms with Crippen molar-refractivity contribution >= 4 is 28.8 Å². The standard InChI is InChI=1S/C27H22N2O4/c1-30-20-7-3-16(4-8-20)24-14-22-26(32-24)12-18(28-22)11-19-13-27-23(29-19)15-25(33-27)17-5-9-21(31-2)10-6-17/h3-9,11-15,21,29H,10H2,1-2H3/b18-11-. The summed E-state index contributed by atoms with van der Waals surface area (Å²) >= 11 is 0. The van der Waals surface area contributed by atoms with Crippen LogP contribution >= 0.6 is 0 Å². The zero-order valence-corrected chi connectivity index (χ0v) is 18.3. The molecule has 0 saturated carbocycles. The van der Waals surface area contributed by atoms with Gasteiger partial charge in [0.1, 0.15) is 22.6 Å². The van der Waals surface area contributed by atoms with E-state index in [4.69, 9.17) is 23.3 Å². The summed E-state index contributed by atoms with van der Waals surface area (Å²) in [7, 11) is 3.38. The topological polar surface area (TPSA) is 72.9 Å². The van der Waals surface area contributed by atoms with E-state index in [9.17, 15) is 0 Å². The van der Waals surface area contributed by atoms with E-state index in [1.165, 1.54) is 0 Å². The Morgan fingerprint density at radius 2 is 1.94 bits per heavy atom. The number of nitrogens with zero attached hydrogens (tertiary/aromatic N) is 1. The Morgan fingerprint density at radius 3 is 2.64 bits per heavy atom. The highest BCUT2D eigenvalue weighted by Crippen LogP contribution is 2.29. The molecular formula is C27H22N2O4. The second-order valence-corrected chi connectivity index (χ2v) is 8.06. The number of fused-ring (bicyclic) bond motifs is 2. The number of hydrogen-bond acceptors (Lipinski definition) is 5. The number of rotatable bonds is 5. The first kappa shape index (κ1) is 19.6. The van der Waals surface area contributed by atoms with Gasteiger partial charge in [0.05, 0.1) is 24.4 Å². The molecule has 1 aromatic carbocycles. The van der Waals surface area contributed by atoms with Crippen molar-refractivity contribution in [2.75, 3.05) is 14.2 Å². The predicted octanol–water partition coefficient (Wildman–Crippen LogP) is 4.84. The van der Waals surface area contributed by atoms with Crippen molar-refractivity contribution in [2.24, 2.45) is 4.99 Å². The molecule has 3 aromatic heterocycles. The first-order valence-corrected chi connectivity index (χ1v) is 10.8. The van der Waals surface area contributed by atoms with Gasteiger partial charge < -0.3 is 23.3 Å². The van der Waals surface area contributed by atoms with Gasteiger partial charge in [0.2, 0.25) is 0 Å². The third kappa shape index (κ3) is 3.64. The quantitative estimate of drug-likeness (QED) is 0.484. The van der Waals surface area contributed by atoms with Gasteiger partial charge >= 0.3 is 0 Å². The average Bonchev–Trinajstić information content (AvgIpc) is 3.59. The van der Waals surface area contributed by atoms with Crippen LogP contribution in [0.1, 0.15) is 17.9 Å². The molecule has 0 amide bonds. The lowest BCUT2D eigenvalue weighted by molar-refractivity contribution is 0.143. The maximum atomic E-state index is 6.06. The van der Waals surface area contributed by atoms with Crippen molar-refractivity contribution < 1.29 is 18.3 Å². The lowest BCUT2D eigenvalue weighted by atomic mass is 10.0. The Bertz CT molecular complexity index is 1490. The first-order chi connectivity index (χ1) is 16.2.